The highest BCUT2D eigenvalue weighted by atomic mass is 32.1. The number of anilines is 1. The normalized spacial score (nSPS) is 10.6. The molecule has 7 heteroatoms. The fraction of sp³-hybridized carbons (Fsp3) is 0.167. The second-order valence-corrected chi connectivity index (χ2v) is 6.17. The third-order valence-electron chi connectivity index (χ3n) is 3.61. The Balaban J connectivity index is 1.77. The van der Waals surface area contributed by atoms with Crippen molar-refractivity contribution < 1.29 is 14.3 Å². The molecule has 0 saturated carbocycles. The number of carbonyl (C=O) groups excluding carboxylic acids is 2. The molecule has 3 rings (SSSR count). The van der Waals surface area contributed by atoms with Crippen molar-refractivity contribution in [3.8, 4) is 0 Å². The molecule has 0 radical (unpaired) electrons. The zero-order valence-electron chi connectivity index (χ0n) is 13.6. The number of carbonyl (C=O) groups is 2. The van der Waals surface area contributed by atoms with Crippen molar-refractivity contribution >= 4 is 39.1 Å². The monoisotopic (exact) mass is 355 g/mol. The summed E-state index contributed by atoms with van der Waals surface area (Å²) in [5, 5.41) is 5.56. The SMILES string of the molecule is COCCNC(=O)c1ccccc1NC(=O)c1ccc2ncsc2c1. The molecular weight excluding hydrogens is 338 g/mol. The number of nitrogens with zero attached hydrogens (tertiary/aromatic N) is 1. The molecule has 2 amide bonds. The van der Waals surface area contributed by atoms with Gasteiger partial charge in [-0.25, -0.2) is 4.98 Å². The Morgan fingerprint density at radius 1 is 1.16 bits per heavy atom. The van der Waals surface area contributed by atoms with Gasteiger partial charge in [0.2, 0.25) is 0 Å². The topological polar surface area (TPSA) is 80.3 Å². The minimum Gasteiger partial charge on any atom is -0.383 e. The molecule has 0 fully saturated rings. The summed E-state index contributed by atoms with van der Waals surface area (Å²) in [6.07, 6.45) is 0. The van der Waals surface area contributed by atoms with E-state index < -0.39 is 0 Å². The van der Waals surface area contributed by atoms with E-state index in [0.29, 0.717) is 30.0 Å². The zero-order chi connectivity index (χ0) is 17.6. The molecule has 0 aliphatic rings. The van der Waals surface area contributed by atoms with Crippen LogP contribution in [0.3, 0.4) is 0 Å². The number of nitrogens with one attached hydrogen (secondary N) is 2. The van der Waals surface area contributed by atoms with Gasteiger partial charge in [-0.1, -0.05) is 12.1 Å². The van der Waals surface area contributed by atoms with E-state index in [9.17, 15) is 9.59 Å². The van der Waals surface area contributed by atoms with Crippen molar-refractivity contribution in [2.45, 2.75) is 0 Å². The lowest BCUT2D eigenvalue weighted by atomic mass is 10.1. The Hall–Kier alpha value is -2.77. The fourth-order valence-corrected chi connectivity index (χ4v) is 3.06. The minimum atomic E-state index is -0.271. The van der Waals surface area contributed by atoms with E-state index in [4.69, 9.17) is 4.74 Å². The van der Waals surface area contributed by atoms with Crippen molar-refractivity contribution in [2.24, 2.45) is 0 Å². The number of thiazole rings is 1. The van der Waals surface area contributed by atoms with Crippen LogP contribution in [0.5, 0.6) is 0 Å². The molecule has 0 atom stereocenters. The molecule has 25 heavy (non-hydrogen) atoms. The Bertz CT molecular complexity index is 907. The van der Waals surface area contributed by atoms with Crippen molar-refractivity contribution in [3.63, 3.8) is 0 Å². The molecule has 1 aromatic heterocycles. The predicted octanol–water partition coefficient (Wildman–Crippen LogP) is 2.92. The highest BCUT2D eigenvalue weighted by molar-refractivity contribution is 7.16. The highest BCUT2D eigenvalue weighted by Crippen LogP contribution is 2.21. The standard InChI is InChI=1S/C18H17N3O3S/c1-24-9-8-19-18(23)13-4-2-3-5-14(13)21-17(22)12-6-7-15-16(10-12)25-11-20-15/h2-7,10-11H,8-9H2,1H3,(H,19,23)(H,21,22). The van der Waals surface area contributed by atoms with Gasteiger partial charge in [-0.15, -0.1) is 11.3 Å². The number of fused-ring (bicyclic) bond motifs is 1. The summed E-state index contributed by atoms with van der Waals surface area (Å²) in [5.41, 5.74) is 4.00. The largest absolute Gasteiger partial charge is 0.383 e. The summed E-state index contributed by atoms with van der Waals surface area (Å²) in [5.74, 6) is -0.529. The molecule has 0 saturated heterocycles. The number of methoxy groups -OCH3 is 1. The van der Waals surface area contributed by atoms with Crippen LogP contribution in [0, 0.1) is 0 Å². The molecule has 128 valence electrons. The summed E-state index contributed by atoms with van der Waals surface area (Å²) in [7, 11) is 1.57. The lowest BCUT2D eigenvalue weighted by molar-refractivity contribution is 0.0938. The third kappa shape index (κ3) is 4.01. The molecule has 2 N–H and O–H groups in total. The first-order valence-electron chi connectivity index (χ1n) is 7.70. The fourth-order valence-electron chi connectivity index (χ4n) is 2.34. The van der Waals surface area contributed by atoms with E-state index in [1.165, 1.54) is 11.3 Å². The minimum absolute atomic E-state index is 0.258. The van der Waals surface area contributed by atoms with Crippen molar-refractivity contribution in [1.82, 2.24) is 10.3 Å². The lowest BCUT2D eigenvalue weighted by Crippen LogP contribution is -2.28. The van der Waals surface area contributed by atoms with E-state index in [1.807, 2.05) is 6.07 Å². The Morgan fingerprint density at radius 2 is 2.00 bits per heavy atom. The molecule has 0 spiro atoms. The first-order valence-corrected chi connectivity index (χ1v) is 8.58. The van der Waals surface area contributed by atoms with Gasteiger partial charge in [0.1, 0.15) is 0 Å². The molecule has 0 bridgehead atoms. The summed E-state index contributed by atoms with van der Waals surface area (Å²) in [4.78, 5) is 29.0. The molecule has 0 aliphatic heterocycles. The van der Waals surface area contributed by atoms with Crippen molar-refractivity contribution in [3.05, 3.63) is 59.1 Å². The first kappa shape index (κ1) is 17.1. The average molecular weight is 355 g/mol. The van der Waals surface area contributed by atoms with Gasteiger partial charge in [0.25, 0.3) is 11.8 Å². The quantitative estimate of drug-likeness (QED) is 0.666. The van der Waals surface area contributed by atoms with Crippen LogP contribution in [-0.2, 0) is 4.74 Å². The summed E-state index contributed by atoms with van der Waals surface area (Å²) in [6, 6.07) is 12.2. The molecule has 0 aliphatic carbocycles. The van der Waals surface area contributed by atoms with Gasteiger partial charge in [0.05, 0.1) is 33.6 Å². The van der Waals surface area contributed by atoms with Gasteiger partial charge >= 0.3 is 0 Å². The summed E-state index contributed by atoms with van der Waals surface area (Å²) >= 11 is 1.48. The van der Waals surface area contributed by atoms with Gasteiger partial charge in [-0.05, 0) is 30.3 Å². The van der Waals surface area contributed by atoms with Gasteiger partial charge in [-0.2, -0.15) is 0 Å². The van der Waals surface area contributed by atoms with Crippen LogP contribution < -0.4 is 10.6 Å². The Labute approximate surface area is 148 Å². The van der Waals surface area contributed by atoms with Crippen molar-refractivity contribution in [1.29, 1.82) is 0 Å². The maximum absolute atomic E-state index is 12.5. The maximum Gasteiger partial charge on any atom is 0.255 e. The number of ether oxygens (including phenoxy) is 1. The van der Waals surface area contributed by atoms with Gasteiger partial charge in [-0.3, -0.25) is 9.59 Å². The number of benzene rings is 2. The maximum atomic E-state index is 12.5. The molecule has 2 aromatic carbocycles. The van der Waals surface area contributed by atoms with Crippen LogP contribution >= 0.6 is 11.3 Å². The Kier molecular flexibility index (Phi) is 5.37. The van der Waals surface area contributed by atoms with E-state index in [2.05, 4.69) is 15.6 Å². The van der Waals surface area contributed by atoms with Crippen molar-refractivity contribution in [2.75, 3.05) is 25.6 Å². The number of hydrogen-bond acceptors (Lipinski definition) is 5. The molecule has 3 aromatic rings. The smallest absolute Gasteiger partial charge is 0.255 e. The summed E-state index contributed by atoms with van der Waals surface area (Å²) in [6.45, 7) is 0.828. The third-order valence-corrected chi connectivity index (χ3v) is 4.40. The Morgan fingerprint density at radius 3 is 2.84 bits per heavy atom. The van der Waals surface area contributed by atoms with E-state index in [-0.39, 0.29) is 11.8 Å². The lowest BCUT2D eigenvalue weighted by Gasteiger charge is -2.11. The van der Waals surface area contributed by atoms with E-state index in [1.54, 1.807) is 49.0 Å². The number of aromatic nitrogens is 1. The molecular formula is C18H17N3O3S. The second kappa shape index (κ2) is 7.87. The van der Waals surface area contributed by atoms with Gasteiger partial charge in [0, 0.05) is 19.2 Å². The van der Waals surface area contributed by atoms with Crippen LogP contribution in [0.2, 0.25) is 0 Å². The van der Waals surface area contributed by atoms with Gasteiger partial charge in [0.15, 0.2) is 0 Å². The van der Waals surface area contributed by atoms with Crippen LogP contribution in [0.25, 0.3) is 10.2 Å². The second-order valence-electron chi connectivity index (χ2n) is 5.28. The zero-order valence-corrected chi connectivity index (χ0v) is 14.4. The van der Waals surface area contributed by atoms with E-state index in [0.717, 1.165) is 10.2 Å². The molecule has 0 unspecified atom stereocenters. The highest BCUT2D eigenvalue weighted by Gasteiger charge is 2.14. The number of amides is 2. The van der Waals surface area contributed by atoms with Gasteiger partial charge < -0.3 is 15.4 Å². The number of hydrogen-bond donors (Lipinski definition) is 2. The number of rotatable bonds is 6. The van der Waals surface area contributed by atoms with E-state index >= 15 is 0 Å². The van der Waals surface area contributed by atoms with Crippen LogP contribution in [-0.4, -0.2) is 37.1 Å². The molecule has 1 heterocycles. The van der Waals surface area contributed by atoms with Crippen LogP contribution in [0.1, 0.15) is 20.7 Å². The van der Waals surface area contributed by atoms with Crippen LogP contribution in [0.4, 0.5) is 5.69 Å². The first-order chi connectivity index (χ1) is 12.2. The summed E-state index contributed by atoms with van der Waals surface area (Å²) < 4.78 is 5.86. The average Bonchev–Trinajstić information content (AvgIpc) is 3.10. The molecule has 6 nitrogen and oxygen atoms in total. The number of para-hydroxylation sites is 1. The predicted molar refractivity (Wildman–Crippen MR) is 98.2 cm³/mol. The van der Waals surface area contributed by atoms with Crippen LogP contribution in [0.15, 0.2) is 48.0 Å².